The van der Waals surface area contributed by atoms with Crippen molar-refractivity contribution >= 4 is 11.6 Å². The minimum atomic E-state index is 0.125. The Morgan fingerprint density at radius 3 is 2.48 bits per heavy atom. The third-order valence-electron chi connectivity index (χ3n) is 5.91. The Morgan fingerprint density at radius 1 is 1.06 bits per heavy atom. The first-order valence-electron chi connectivity index (χ1n) is 10.6. The van der Waals surface area contributed by atoms with Gasteiger partial charge in [-0.3, -0.25) is 4.90 Å². The van der Waals surface area contributed by atoms with Crippen molar-refractivity contribution in [2.45, 2.75) is 32.7 Å². The van der Waals surface area contributed by atoms with E-state index < -0.39 is 0 Å². The first kappa shape index (κ1) is 19.5. The molecule has 0 unspecified atom stereocenters. The van der Waals surface area contributed by atoms with Gasteiger partial charge in [-0.05, 0) is 44.9 Å². The summed E-state index contributed by atoms with van der Waals surface area (Å²) >= 11 is 0. The van der Waals surface area contributed by atoms with Crippen molar-refractivity contribution in [1.82, 2.24) is 29.6 Å². The molecule has 9 heteroatoms. The highest BCUT2D eigenvalue weighted by Gasteiger charge is 2.31. The summed E-state index contributed by atoms with van der Waals surface area (Å²) in [5.74, 6) is 1.35. The maximum absolute atomic E-state index is 9.71. The van der Waals surface area contributed by atoms with Crippen LogP contribution in [-0.2, 0) is 0 Å². The molecule has 0 radical (unpaired) electrons. The lowest BCUT2D eigenvalue weighted by atomic mass is 10.1. The van der Waals surface area contributed by atoms with Crippen LogP contribution in [0.25, 0.3) is 17.3 Å². The summed E-state index contributed by atoms with van der Waals surface area (Å²) in [5, 5.41) is 14.2. The van der Waals surface area contributed by atoms with Crippen LogP contribution in [0, 0.1) is 25.2 Å². The molecule has 2 aliphatic rings. The molecule has 3 aromatic rings. The Kier molecular flexibility index (Phi) is 4.79. The van der Waals surface area contributed by atoms with Crippen molar-refractivity contribution < 1.29 is 0 Å². The van der Waals surface area contributed by atoms with Gasteiger partial charge in [-0.1, -0.05) is 6.07 Å². The summed E-state index contributed by atoms with van der Waals surface area (Å²) in [6.07, 6.45) is 2.66. The molecule has 3 aromatic heterocycles. The van der Waals surface area contributed by atoms with Gasteiger partial charge in [0, 0.05) is 37.9 Å². The van der Waals surface area contributed by atoms with E-state index in [4.69, 9.17) is 10.7 Å². The quantitative estimate of drug-likeness (QED) is 0.689. The second-order valence-corrected chi connectivity index (χ2v) is 8.22. The molecule has 0 amide bonds. The molecule has 1 aliphatic heterocycles. The molecule has 31 heavy (non-hydrogen) atoms. The summed E-state index contributed by atoms with van der Waals surface area (Å²) in [7, 11) is 0. The Morgan fingerprint density at radius 2 is 1.84 bits per heavy atom. The summed E-state index contributed by atoms with van der Waals surface area (Å²) < 4.78 is 1.64. The number of nitriles is 1. The molecule has 158 valence electrons. The van der Waals surface area contributed by atoms with Crippen LogP contribution in [-0.4, -0.2) is 61.9 Å². The second-order valence-electron chi connectivity index (χ2n) is 8.22. The highest BCUT2D eigenvalue weighted by atomic mass is 15.4. The Labute approximate surface area is 181 Å². The van der Waals surface area contributed by atoms with Crippen LogP contribution in [0.15, 0.2) is 24.3 Å². The number of nitrogens with zero attached hydrogens (tertiary/aromatic N) is 8. The van der Waals surface area contributed by atoms with Gasteiger partial charge in [0.25, 0.3) is 5.95 Å². The topological polar surface area (TPSA) is 113 Å². The number of nitrogen functional groups attached to an aromatic ring is 1. The number of piperazine rings is 1. The van der Waals surface area contributed by atoms with E-state index in [1.807, 2.05) is 38.1 Å². The molecule has 0 aromatic carbocycles. The molecule has 0 spiro atoms. The van der Waals surface area contributed by atoms with Gasteiger partial charge in [-0.2, -0.15) is 15.3 Å². The van der Waals surface area contributed by atoms with Crippen molar-refractivity contribution in [2.24, 2.45) is 0 Å². The van der Waals surface area contributed by atoms with Crippen molar-refractivity contribution in [3.63, 3.8) is 0 Å². The number of aromatic nitrogens is 5. The first-order chi connectivity index (χ1) is 15.0. The van der Waals surface area contributed by atoms with E-state index in [9.17, 15) is 5.26 Å². The smallest absolute Gasteiger partial charge is 0.253 e. The van der Waals surface area contributed by atoms with Gasteiger partial charge in [0.1, 0.15) is 29.0 Å². The lowest BCUT2D eigenvalue weighted by Gasteiger charge is -2.35. The number of hydrogen-bond donors (Lipinski definition) is 1. The van der Waals surface area contributed by atoms with E-state index in [1.165, 1.54) is 12.8 Å². The highest BCUT2D eigenvalue weighted by molar-refractivity contribution is 5.71. The first-order valence-corrected chi connectivity index (χ1v) is 10.6. The summed E-state index contributed by atoms with van der Waals surface area (Å²) in [4.78, 5) is 18.7. The summed E-state index contributed by atoms with van der Waals surface area (Å²) in [6, 6.07) is 10.7. The van der Waals surface area contributed by atoms with Crippen molar-refractivity contribution in [2.75, 3.05) is 36.8 Å². The molecule has 2 fully saturated rings. The third-order valence-corrected chi connectivity index (χ3v) is 5.91. The molecular formula is C22H25N9. The van der Waals surface area contributed by atoms with E-state index in [2.05, 4.69) is 30.9 Å². The van der Waals surface area contributed by atoms with Gasteiger partial charge in [-0.15, -0.1) is 0 Å². The fraction of sp³-hybridized carbons (Fsp3) is 0.409. The molecule has 1 saturated carbocycles. The van der Waals surface area contributed by atoms with Crippen LogP contribution in [0.2, 0.25) is 0 Å². The van der Waals surface area contributed by atoms with Gasteiger partial charge >= 0.3 is 0 Å². The van der Waals surface area contributed by atoms with Gasteiger partial charge in [-0.25, -0.2) is 14.6 Å². The van der Waals surface area contributed by atoms with Gasteiger partial charge in [0.15, 0.2) is 0 Å². The zero-order chi connectivity index (χ0) is 21.5. The monoisotopic (exact) mass is 415 g/mol. The van der Waals surface area contributed by atoms with Gasteiger partial charge in [0.05, 0.1) is 11.4 Å². The number of anilines is 2. The Hall–Kier alpha value is -3.51. The zero-order valence-corrected chi connectivity index (χ0v) is 17.8. The maximum Gasteiger partial charge on any atom is 0.253 e. The maximum atomic E-state index is 9.71. The molecule has 1 saturated heterocycles. The van der Waals surface area contributed by atoms with Crippen molar-refractivity contribution in [3.05, 3.63) is 41.2 Å². The minimum absolute atomic E-state index is 0.125. The molecular weight excluding hydrogens is 390 g/mol. The van der Waals surface area contributed by atoms with E-state index in [0.29, 0.717) is 17.3 Å². The molecule has 1 aliphatic carbocycles. The molecule has 9 nitrogen and oxygen atoms in total. The van der Waals surface area contributed by atoms with Crippen LogP contribution in [0.1, 0.15) is 29.8 Å². The number of aryl methyl sites for hydroxylation is 2. The van der Waals surface area contributed by atoms with Crippen molar-refractivity contribution in [3.8, 4) is 23.4 Å². The van der Waals surface area contributed by atoms with E-state index >= 15 is 0 Å². The van der Waals surface area contributed by atoms with E-state index in [0.717, 1.165) is 49.4 Å². The molecule has 2 N–H and O–H groups in total. The normalized spacial score (nSPS) is 17.0. The number of nitrogens with two attached hydrogens (primary N) is 1. The van der Waals surface area contributed by atoms with Crippen LogP contribution < -0.4 is 10.6 Å². The standard InChI is InChI=1S/C22H25N9/c1-14-12-15(2)31(28-14)22-26-20(17(13-23)21(24)27-22)18-4-3-5-19(25-18)30-10-8-29(9-11-30)16-6-7-16/h3-5,12,16H,6-11H2,1-2H3,(H2,24,26,27). The number of rotatable bonds is 4. The van der Waals surface area contributed by atoms with Gasteiger partial charge < -0.3 is 10.6 Å². The summed E-state index contributed by atoms with van der Waals surface area (Å²) in [6.45, 7) is 7.84. The minimum Gasteiger partial charge on any atom is -0.382 e. The predicted octanol–water partition coefficient (Wildman–Crippen LogP) is 2.08. The van der Waals surface area contributed by atoms with Crippen LogP contribution in [0.4, 0.5) is 11.6 Å². The fourth-order valence-electron chi connectivity index (χ4n) is 4.17. The predicted molar refractivity (Wildman–Crippen MR) is 118 cm³/mol. The Bertz CT molecular complexity index is 1160. The van der Waals surface area contributed by atoms with E-state index in [1.54, 1.807) is 4.68 Å². The van der Waals surface area contributed by atoms with Crippen LogP contribution in [0.5, 0.6) is 0 Å². The molecule has 0 bridgehead atoms. The zero-order valence-electron chi connectivity index (χ0n) is 17.8. The van der Waals surface area contributed by atoms with Crippen LogP contribution in [0.3, 0.4) is 0 Å². The van der Waals surface area contributed by atoms with Crippen LogP contribution >= 0.6 is 0 Å². The average Bonchev–Trinajstić information content (AvgIpc) is 3.57. The third kappa shape index (κ3) is 3.70. The average molecular weight is 416 g/mol. The molecule has 5 rings (SSSR count). The Balaban J connectivity index is 1.50. The summed E-state index contributed by atoms with van der Waals surface area (Å²) in [5.41, 5.74) is 9.15. The van der Waals surface area contributed by atoms with Crippen molar-refractivity contribution in [1.29, 1.82) is 5.26 Å². The lowest BCUT2D eigenvalue weighted by Crippen LogP contribution is -2.47. The highest BCUT2D eigenvalue weighted by Crippen LogP contribution is 2.29. The number of pyridine rings is 1. The van der Waals surface area contributed by atoms with Gasteiger partial charge in [0.2, 0.25) is 0 Å². The number of hydrogen-bond acceptors (Lipinski definition) is 8. The molecule has 0 atom stereocenters. The molecule has 4 heterocycles. The fourth-order valence-corrected chi connectivity index (χ4v) is 4.17. The lowest BCUT2D eigenvalue weighted by molar-refractivity contribution is 0.247. The largest absolute Gasteiger partial charge is 0.382 e. The SMILES string of the molecule is Cc1cc(C)n(-c2nc(N)c(C#N)c(-c3cccc(N4CCN(C5CC5)CC4)n3)n2)n1. The van der Waals surface area contributed by atoms with E-state index in [-0.39, 0.29) is 11.4 Å². The second kappa shape index (κ2) is 7.63.